The molecular weight excluding hydrogens is 198 g/mol. The van der Waals surface area contributed by atoms with Crippen molar-refractivity contribution in [2.45, 2.75) is 6.04 Å². The van der Waals surface area contributed by atoms with Crippen LogP contribution in [0, 0.1) is 0 Å². The van der Waals surface area contributed by atoms with E-state index in [-0.39, 0.29) is 24.0 Å². The van der Waals surface area contributed by atoms with Crippen LogP contribution in [-0.2, 0) is 4.74 Å². The van der Waals surface area contributed by atoms with Gasteiger partial charge in [0, 0.05) is 19.5 Å². The summed E-state index contributed by atoms with van der Waals surface area (Å²) < 4.78 is 9.69. The SMILES string of the molecule is COCC(N)C(=O)c1nccnc1OC. The van der Waals surface area contributed by atoms with Crippen molar-refractivity contribution in [1.82, 2.24) is 9.97 Å². The number of aromatic nitrogens is 2. The van der Waals surface area contributed by atoms with Crippen LogP contribution in [0.3, 0.4) is 0 Å². The molecule has 2 N–H and O–H groups in total. The zero-order valence-electron chi connectivity index (χ0n) is 8.64. The number of carbonyl (C=O) groups excluding carboxylic acids is 1. The van der Waals surface area contributed by atoms with E-state index in [1.807, 2.05) is 0 Å². The van der Waals surface area contributed by atoms with Crippen molar-refractivity contribution in [3.05, 3.63) is 18.1 Å². The number of ketones is 1. The molecule has 1 aromatic rings. The third-order valence-electron chi connectivity index (χ3n) is 1.77. The summed E-state index contributed by atoms with van der Waals surface area (Å²) >= 11 is 0. The Morgan fingerprint density at radius 1 is 1.47 bits per heavy atom. The Morgan fingerprint density at radius 3 is 2.73 bits per heavy atom. The van der Waals surface area contributed by atoms with E-state index >= 15 is 0 Å². The Bertz CT molecular complexity index is 343. The smallest absolute Gasteiger partial charge is 0.243 e. The highest BCUT2D eigenvalue weighted by molar-refractivity contribution is 6.00. The molecule has 0 radical (unpaired) electrons. The average molecular weight is 211 g/mol. The zero-order valence-corrected chi connectivity index (χ0v) is 8.64. The molecule has 82 valence electrons. The van der Waals surface area contributed by atoms with Crippen LogP contribution in [0.2, 0.25) is 0 Å². The van der Waals surface area contributed by atoms with Gasteiger partial charge in [0.1, 0.15) is 0 Å². The maximum Gasteiger partial charge on any atom is 0.243 e. The molecular formula is C9H13N3O3. The lowest BCUT2D eigenvalue weighted by molar-refractivity contribution is 0.0883. The standard InChI is InChI=1S/C9H13N3O3/c1-14-5-6(10)8(13)7-9(15-2)12-4-3-11-7/h3-4,6H,5,10H2,1-2H3. The van der Waals surface area contributed by atoms with Gasteiger partial charge < -0.3 is 15.2 Å². The third kappa shape index (κ3) is 2.71. The second kappa shape index (κ2) is 5.38. The number of nitrogens with two attached hydrogens (primary N) is 1. The molecule has 0 aliphatic carbocycles. The fourth-order valence-corrected chi connectivity index (χ4v) is 1.07. The normalized spacial score (nSPS) is 12.2. The average Bonchev–Trinajstić information content (AvgIpc) is 2.28. The minimum Gasteiger partial charge on any atom is -0.479 e. The highest BCUT2D eigenvalue weighted by atomic mass is 16.5. The van der Waals surface area contributed by atoms with Crippen molar-refractivity contribution in [1.29, 1.82) is 0 Å². The molecule has 0 bridgehead atoms. The van der Waals surface area contributed by atoms with Gasteiger partial charge in [-0.15, -0.1) is 0 Å². The molecule has 0 spiro atoms. The minimum atomic E-state index is -0.749. The van der Waals surface area contributed by atoms with Gasteiger partial charge >= 0.3 is 0 Å². The first-order chi connectivity index (χ1) is 7.20. The number of hydrogen-bond donors (Lipinski definition) is 1. The lowest BCUT2D eigenvalue weighted by Gasteiger charge is -2.10. The first-order valence-corrected chi connectivity index (χ1v) is 4.34. The summed E-state index contributed by atoms with van der Waals surface area (Å²) in [5.74, 6) is -0.171. The van der Waals surface area contributed by atoms with Crippen LogP contribution in [0.5, 0.6) is 5.88 Å². The molecule has 1 unspecified atom stereocenters. The number of ether oxygens (including phenoxy) is 2. The van der Waals surface area contributed by atoms with E-state index in [9.17, 15) is 4.79 Å². The van der Waals surface area contributed by atoms with Gasteiger partial charge in [-0.3, -0.25) is 4.79 Å². The molecule has 6 heteroatoms. The van der Waals surface area contributed by atoms with Crippen molar-refractivity contribution in [2.75, 3.05) is 20.8 Å². The van der Waals surface area contributed by atoms with E-state index in [4.69, 9.17) is 15.2 Å². The Morgan fingerprint density at radius 2 is 2.13 bits per heavy atom. The lowest BCUT2D eigenvalue weighted by Crippen LogP contribution is -2.35. The number of hydrogen-bond acceptors (Lipinski definition) is 6. The van der Waals surface area contributed by atoms with Crippen molar-refractivity contribution in [3.8, 4) is 5.88 Å². The molecule has 0 saturated carbocycles. The largest absolute Gasteiger partial charge is 0.479 e. The van der Waals surface area contributed by atoms with Crippen LogP contribution in [0.4, 0.5) is 0 Å². The summed E-state index contributed by atoms with van der Waals surface area (Å²) in [4.78, 5) is 19.5. The van der Waals surface area contributed by atoms with Gasteiger partial charge in [0.05, 0.1) is 19.8 Å². The van der Waals surface area contributed by atoms with Crippen LogP contribution >= 0.6 is 0 Å². The Hall–Kier alpha value is -1.53. The monoisotopic (exact) mass is 211 g/mol. The van der Waals surface area contributed by atoms with Gasteiger partial charge in [-0.1, -0.05) is 0 Å². The summed E-state index contributed by atoms with van der Waals surface area (Å²) in [5, 5.41) is 0. The van der Waals surface area contributed by atoms with Crippen LogP contribution in [0.15, 0.2) is 12.4 Å². The zero-order chi connectivity index (χ0) is 11.3. The number of rotatable bonds is 5. The molecule has 0 aromatic carbocycles. The Kier molecular flexibility index (Phi) is 4.14. The van der Waals surface area contributed by atoms with Crippen LogP contribution in [0.25, 0.3) is 0 Å². The summed E-state index contributed by atoms with van der Waals surface area (Å²) in [5.41, 5.74) is 5.71. The molecule has 0 amide bonds. The Balaban J connectivity index is 2.90. The molecule has 0 aliphatic heterocycles. The van der Waals surface area contributed by atoms with Crippen molar-refractivity contribution in [2.24, 2.45) is 5.73 Å². The van der Waals surface area contributed by atoms with E-state index in [2.05, 4.69) is 9.97 Å². The highest BCUT2D eigenvalue weighted by Gasteiger charge is 2.21. The lowest BCUT2D eigenvalue weighted by atomic mass is 10.1. The number of Topliss-reactive ketones (excluding diaryl/α,β-unsaturated/α-hetero) is 1. The van der Waals surface area contributed by atoms with E-state index < -0.39 is 6.04 Å². The number of nitrogens with zero attached hydrogens (tertiary/aromatic N) is 2. The molecule has 1 rings (SSSR count). The fourth-order valence-electron chi connectivity index (χ4n) is 1.07. The van der Waals surface area contributed by atoms with E-state index in [0.29, 0.717) is 0 Å². The van der Waals surface area contributed by atoms with Gasteiger partial charge in [0.25, 0.3) is 0 Å². The van der Waals surface area contributed by atoms with Gasteiger partial charge in [-0.2, -0.15) is 0 Å². The van der Waals surface area contributed by atoms with Crippen molar-refractivity contribution >= 4 is 5.78 Å². The summed E-state index contributed by atoms with van der Waals surface area (Å²) in [7, 11) is 2.89. The van der Waals surface area contributed by atoms with Crippen LogP contribution in [-0.4, -0.2) is 42.6 Å². The predicted octanol–water partition coefficient (Wildman–Crippen LogP) is -0.358. The fraction of sp³-hybridized carbons (Fsp3) is 0.444. The highest BCUT2D eigenvalue weighted by Crippen LogP contribution is 2.12. The predicted molar refractivity (Wildman–Crippen MR) is 52.8 cm³/mol. The van der Waals surface area contributed by atoms with E-state index in [1.54, 1.807) is 0 Å². The van der Waals surface area contributed by atoms with Gasteiger partial charge in [0.15, 0.2) is 5.69 Å². The maximum absolute atomic E-state index is 11.7. The van der Waals surface area contributed by atoms with Gasteiger partial charge in [-0.25, -0.2) is 9.97 Å². The minimum absolute atomic E-state index is 0.129. The molecule has 0 saturated heterocycles. The molecule has 1 aromatic heterocycles. The summed E-state index contributed by atoms with van der Waals surface area (Å²) in [6.07, 6.45) is 2.85. The molecule has 6 nitrogen and oxygen atoms in total. The second-order valence-electron chi connectivity index (χ2n) is 2.84. The molecule has 0 aliphatic rings. The van der Waals surface area contributed by atoms with E-state index in [1.165, 1.54) is 26.6 Å². The molecule has 15 heavy (non-hydrogen) atoms. The maximum atomic E-state index is 11.7. The van der Waals surface area contributed by atoms with Crippen LogP contribution in [0.1, 0.15) is 10.5 Å². The van der Waals surface area contributed by atoms with Crippen LogP contribution < -0.4 is 10.5 Å². The first kappa shape index (κ1) is 11.5. The van der Waals surface area contributed by atoms with Crippen molar-refractivity contribution < 1.29 is 14.3 Å². The first-order valence-electron chi connectivity index (χ1n) is 4.34. The second-order valence-corrected chi connectivity index (χ2v) is 2.84. The quantitative estimate of drug-likeness (QED) is 0.669. The van der Waals surface area contributed by atoms with E-state index in [0.717, 1.165) is 0 Å². The molecule has 0 fully saturated rings. The van der Waals surface area contributed by atoms with Gasteiger partial charge in [0.2, 0.25) is 11.7 Å². The Labute approximate surface area is 87.4 Å². The third-order valence-corrected chi connectivity index (χ3v) is 1.77. The number of methoxy groups -OCH3 is 2. The number of carbonyl (C=O) groups is 1. The summed E-state index contributed by atoms with van der Waals surface area (Å²) in [6.45, 7) is 0.137. The molecule has 1 atom stereocenters. The summed E-state index contributed by atoms with van der Waals surface area (Å²) in [6, 6.07) is -0.749. The van der Waals surface area contributed by atoms with Gasteiger partial charge in [-0.05, 0) is 0 Å². The van der Waals surface area contributed by atoms with Crippen molar-refractivity contribution in [3.63, 3.8) is 0 Å². The topological polar surface area (TPSA) is 87.3 Å². The molecule has 1 heterocycles.